The third-order valence-corrected chi connectivity index (χ3v) is 7.03. The van der Waals surface area contributed by atoms with Crippen molar-refractivity contribution < 1.29 is 12.8 Å². The first kappa shape index (κ1) is 20.6. The SMILES string of the molecule is CC(c1ccc(F)c(Cl)c1)N1CCC(NS(=O)(=O)c2ccc(Cl)cc2)CC1. The molecule has 3 rings (SSSR count). The number of hydrogen-bond donors (Lipinski definition) is 1. The molecule has 1 unspecified atom stereocenters. The molecule has 146 valence electrons. The predicted octanol–water partition coefficient (Wildman–Crippen LogP) is 4.64. The quantitative estimate of drug-likeness (QED) is 0.751. The molecule has 1 N–H and O–H groups in total. The second kappa shape index (κ2) is 8.45. The molecule has 0 amide bonds. The molecule has 1 atom stereocenters. The van der Waals surface area contributed by atoms with Gasteiger partial charge in [-0.05, 0) is 61.7 Å². The average molecular weight is 431 g/mol. The molecule has 1 aliphatic rings. The molecule has 27 heavy (non-hydrogen) atoms. The van der Waals surface area contributed by atoms with Crippen molar-refractivity contribution in [1.29, 1.82) is 0 Å². The highest BCUT2D eigenvalue weighted by atomic mass is 35.5. The Labute approximate surface area is 169 Å². The first-order chi connectivity index (χ1) is 12.8. The molecule has 1 aliphatic heterocycles. The van der Waals surface area contributed by atoms with Crippen molar-refractivity contribution in [1.82, 2.24) is 9.62 Å². The van der Waals surface area contributed by atoms with Crippen molar-refractivity contribution in [2.45, 2.75) is 36.7 Å². The molecule has 0 spiro atoms. The van der Waals surface area contributed by atoms with Crippen LogP contribution in [0.15, 0.2) is 47.4 Å². The van der Waals surface area contributed by atoms with Gasteiger partial charge >= 0.3 is 0 Å². The Hall–Kier alpha value is -1.18. The lowest BCUT2D eigenvalue weighted by Gasteiger charge is -2.36. The van der Waals surface area contributed by atoms with Crippen LogP contribution in [-0.2, 0) is 10.0 Å². The maximum atomic E-state index is 13.4. The number of nitrogens with one attached hydrogen (secondary N) is 1. The summed E-state index contributed by atoms with van der Waals surface area (Å²) < 4.78 is 41.1. The molecule has 2 aromatic carbocycles. The Morgan fingerprint density at radius 2 is 1.74 bits per heavy atom. The summed E-state index contributed by atoms with van der Waals surface area (Å²) >= 11 is 11.7. The third-order valence-electron chi connectivity index (χ3n) is 4.95. The third kappa shape index (κ3) is 5.00. The summed E-state index contributed by atoms with van der Waals surface area (Å²) in [5.74, 6) is -0.428. The highest BCUT2D eigenvalue weighted by Crippen LogP contribution is 2.27. The molecular formula is C19H21Cl2FN2O2S. The fourth-order valence-corrected chi connectivity index (χ4v) is 4.91. The zero-order valence-corrected chi connectivity index (χ0v) is 17.2. The molecule has 0 bridgehead atoms. The summed E-state index contributed by atoms with van der Waals surface area (Å²) in [5, 5.41) is 0.613. The molecular weight excluding hydrogens is 410 g/mol. The number of piperidine rings is 1. The van der Waals surface area contributed by atoms with Crippen LogP contribution >= 0.6 is 23.2 Å². The Kier molecular flexibility index (Phi) is 6.43. The molecule has 1 heterocycles. The van der Waals surface area contributed by atoms with E-state index < -0.39 is 15.8 Å². The van der Waals surface area contributed by atoms with Crippen molar-refractivity contribution in [3.63, 3.8) is 0 Å². The lowest BCUT2D eigenvalue weighted by Crippen LogP contribution is -2.45. The standard InChI is InChI=1S/C19H21Cl2FN2O2S/c1-13(14-2-7-19(22)18(21)12-14)24-10-8-16(9-11-24)23-27(25,26)17-5-3-15(20)4-6-17/h2-7,12-13,16,23H,8-11H2,1H3. The van der Waals surface area contributed by atoms with Gasteiger partial charge in [-0.25, -0.2) is 17.5 Å². The van der Waals surface area contributed by atoms with E-state index in [1.165, 1.54) is 18.2 Å². The molecule has 4 nitrogen and oxygen atoms in total. The molecule has 1 saturated heterocycles. The number of rotatable bonds is 5. The van der Waals surface area contributed by atoms with Gasteiger partial charge in [-0.3, -0.25) is 4.90 Å². The summed E-state index contributed by atoms with van der Waals surface area (Å²) in [4.78, 5) is 2.46. The van der Waals surface area contributed by atoms with Gasteiger partial charge in [0.1, 0.15) is 5.82 Å². The summed E-state index contributed by atoms with van der Waals surface area (Å²) in [6.07, 6.45) is 1.40. The first-order valence-electron chi connectivity index (χ1n) is 8.73. The van der Waals surface area contributed by atoms with E-state index >= 15 is 0 Å². The summed E-state index contributed by atoms with van der Waals surface area (Å²) in [7, 11) is -3.56. The summed E-state index contributed by atoms with van der Waals surface area (Å²) in [6, 6.07) is 10.9. The molecule has 0 aliphatic carbocycles. The van der Waals surface area contributed by atoms with E-state index in [1.54, 1.807) is 24.3 Å². The van der Waals surface area contributed by atoms with E-state index in [-0.39, 0.29) is 22.0 Å². The van der Waals surface area contributed by atoms with Crippen molar-refractivity contribution in [3.8, 4) is 0 Å². The highest BCUT2D eigenvalue weighted by Gasteiger charge is 2.27. The van der Waals surface area contributed by atoms with Gasteiger partial charge in [-0.2, -0.15) is 0 Å². The van der Waals surface area contributed by atoms with Gasteiger partial charge in [0, 0.05) is 30.2 Å². The van der Waals surface area contributed by atoms with Gasteiger partial charge in [0.2, 0.25) is 10.0 Å². The van der Waals surface area contributed by atoms with Gasteiger partial charge in [-0.1, -0.05) is 29.3 Å². The van der Waals surface area contributed by atoms with Crippen molar-refractivity contribution in [2.75, 3.05) is 13.1 Å². The van der Waals surface area contributed by atoms with Gasteiger partial charge in [0.15, 0.2) is 0 Å². The number of benzene rings is 2. The van der Waals surface area contributed by atoms with Gasteiger partial charge < -0.3 is 0 Å². The monoisotopic (exact) mass is 430 g/mol. The summed E-state index contributed by atoms with van der Waals surface area (Å²) in [5.41, 5.74) is 0.946. The Morgan fingerprint density at radius 3 is 2.33 bits per heavy atom. The predicted molar refractivity (Wildman–Crippen MR) is 106 cm³/mol. The zero-order valence-electron chi connectivity index (χ0n) is 14.8. The lowest BCUT2D eigenvalue weighted by atomic mass is 10.0. The minimum Gasteiger partial charge on any atom is -0.296 e. The molecule has 0 aromatic heterocycles. The Bertz CT molecular complexity index is 898. The van der Waals surface area contributed by atoms with Crippen LogP contribution in [0.25, 0.3) is 0 Å². The van der Waals surface area contributed by atoms with E-state index in [2.05, 4.69) is 9.62 Å². The van der Waals surface area contributed by atoms with Crippen molar-refractivity contribution in [3.05, 3.63) is 63.9 Å². The second-order valence-corrected chi connectivity index (χ2v) is 9.29. The fraction of sp³-hybridized carbons (Fsp3) is 0.368. The maximum absolute atomic E-state index is 13.4. The summed E-state index contributed by atoms with van der Waals surface area (Å²) in [6.45, 7) is 3.52. The minimum absolute atomic E-state index is 0.0805. The highest BCUT2D eigenvalue weighted by molar-refractivity contribution is 7.89. The van der Waals surface area contributed by atoms with Crippen LogP contribution in [0.1, 0.15) is 31.4 Å². The van der Waals surface area contributed by atoms with E-state index in [1.807, 2.05) is 6.92 Å². The lowest BCUT2D eigenvalue weighted by molar-refractivity contribution is 0.159. The van der Waals surface area contributed by atoms with Crippen molar-refractivity contribution in [2.24, 2.45) is 0 Å². The molecule has 1 fully saturated rings. The van der Waals surface area contributed by atoms with Crippen molar-refractivity contribution >= 4 is 33.2 Å². The van der Waals surface area contributed by atoms with Crippen LogP contribution in [0.5, 0.6) is 0 Å². The van der Waals surface area contributed by atoms with Crippen LogP contribution in [0.3, 0.4) is 0 Å². The number of nitrogens with zero attached hydrogens (tertiary/aromatic N) is 1. The van der Waals surface area contributed by atoms with Crippen LogP contribution in [0, 0.1) is 5.82 Å². The zero-order chi connectivity index (χ0) is 19.6. The van der Waals surface area contributed by atoms with Gasteiger partial charge in [0.05, 0.1) is 9.92 Å². The minimum atomic E-state index is -3.56. The van der Waals surface area contributed by atoms with E-state index in [4.69, 9.17) is 23.2 Å². The van der Waals surface area contributed by atoms with Crippen LogP contribution in [-0.4, -0.2) is 32.4 Å². The number of likely N-dealkylation sites (tertiary alicyclic amines) is 1. The molecule has 8 heteroatoms. The Morgan fingerprint density at radius 1 is 1.11 bits per heavy atom. The van der Waals surface area contributed by atoms with Gasteiger partial charge in [0.25, 0.3) is 0 Å². The van der Waals surface area contributed by atoms with Crippen LogP contribution in [0.2, 0.25) is 10.0 Å². The Balaban J connectivity index is 1.59. The van der Waals surface area contributed by atoms with Gasteiger partial charge in [-0.15, -0.1) is 0 Å². The van der Waals surface area contributed by atoms with E-state index in [0.717, 1.165) is 18.7 Å². The maximum Gasteiger partial charge on any atom is 0.240 e. The normalized spacial score (nSPS) is 17.8. The first-order valence-corrected chi connectivity index (χ1v) is 11.0. The van der Waals surface area contributed by atoms with Crippen LogP contribution in [0.4, 0.5) is 4.39 Å². The largest absolute Gasteiger partial charge is 0.296 e. The molecule has 0 radical (unpaired) electrons. The average Bonchev–Trinajstić information content (AvgIpc) is 2.64. The number of sulfonamides is 1. The fourth-order valence-electron chi connectivity index (χ4n) is 3.29. The molecule has 2 aromatic rings. The second-order valence-electron chi connectivity index (χ2n) is 6.73. The number of halogens is 3. The topological polar surface area (TPSA) is 49.4 Å². The van der Waals surface area contributed by atoms with E-state index in [0.29, 0.717) is 17.9 Å². The van der Waals surface area contributed by atoms with Crippen LogP contribution < -0.4 is 4.72 Å². The molecule has 0 saturated carbocycles. The van der Waals surface area contributed by atoms with E-state index in [9.17, 15) is 12.8 Å². The number of hydrogen-bond acceptors (Lipinski definition) is 3. The smallest absolute Gasteiger partial charge is 0.240 e.